The fourth-order valence-corrected chi connectivity index (χ4v) is 2.37. The van der Waals surface area contributed by atoms with Crippen LogP contribution in [0, 0.1) is 23.7 Å². The second kappa shape index (κ2) is 8.96. The summed E-state index contributed by atoms with van der Waals surface area (Å²) in [7, 11) is 0. The summed E-state index contributed by atoms with van der Waals surface area (Å²) in [5.74, 6) is 13.2. The van der Waals surface area contributed by atoms with Crippen LogP contribution in [0.1, 0.15) is 63.5 Å². The number of hydrogen-bond donors (Lipinski definition) is 0. The second-order valence-corrected chi connectivity index (χ2v) is 5.52. The first-order chi connectivity index (χ1) is 10.9. The lowest BCUT2D eigenvalue weighted by Gasteiger charge is -2.03. The van der Waals surface area contributed by atoms with Gasteiger partial charge in [0.15, 0.2) is 0 Å². The fraction of sp³-hybridized carbons (Fsp3) is 0.364. The van der Waals surface area contributed by atoms with E-state index in [1.165, 1.54) is 36.5 Å². The van der Waals surface area contributed by atoms with Crippen LogP contribution in [0.4, 0.5) is 0 Å². The largest absolute Gasteiger partial charge is 0.0979 e. The van der Waals surface area contributed by atoms with E-state index in [9.17, 15) is 0 Å². The number of hydrogen-bond acceptors (Lipinski definition) is 0. The SMILES string of the molecule is CCCCC#Cc1cccc2c(C#CCCCC)cccc12. The first-order valence-corrected chi connectivity index (χ1v) is 8.36. The Morgan fingerprint density at radius 3 is 1.55 bits per heavy atom. The van der Waals surface area contributed by atoms with Gasteiger partial charge in [-0.3, -0.25) is 0 Å². The Kier molecular flexibility index (Phi) is 6.60. The van der Waals surface area contributed by atoms with Crippen molar-refractivity contribution in [2.24, 2.45) is 0 Å². The van der Waals surface area contributed by atoms with E-state index in [0.29, 0.717) is 0 Å². The third-order valence-corrected chi connectivity index (χ3v) is 3.68. The van der Waals surface area contributed by atoms with Crippen molar-refractivity contribution in [2.75, 3.05) is 0 Å². The Hall–Kier alpha value is -2.18. The van der Waals surface area contributed by atoms with Crippen LogP contribution in [-0.2, 0) is 0 Å². The zero-order valence-electron chi connectivity index (χ0n) is 13.7. The molecule has 2 aromatic carbocycles. The van der Waals surface area contributed by atoms with Crippen molar-refractivity contribution in [3.8, 4) is 23.7 Å². The monoisotopic (exact) mass is 288 g/mol. The van der Waals surface area contributed by atoms with E-state index in [4.69, 9.17) is 0 Å². The lowest BCUT2D eigenvalue weighted by atomic mass is 10.00. The molecule has 2 rings (SSSR count). The van der Waals surface area contributed by atoms with Gasteiger partial charge in [0, 0.05) is 24.0 Å². The van der Waals surface area contributed by atoms with E-state index in [1.54, 1.807) is 0 Å². The van der Waals surface area contributed by atoms with Gasteiger partial charge in [-0.1, -0.05) is 74.6 Å². The van der Waals surface area contributed by atoms with Crippen molar-refractivity contribution in [3.05, 3.63) is 47.5 Å². The van der Waals surface area contributed by atoms with E-state index >= 15 is 0 Å². The van der Waals surface area contributed by atoms with E-state index in [2.05, 4.69) is 73.9 Å². The number of benzene rings is 2. The molecular weight excluding hydrogens is 264 g/mol. The van der Waals surface area contributed by atoms with Gasteiger partial charge in [0.25, 0.3) is 0 Å². The van der Waals surface area contributed by atoms with Gasteiger partial charge in [-0.15, -0.1) is 0 Å². The van der Waals surface area contributed by atoms with Crippen molar-refractivity contribution < 1.29 is 0 Å². The van der Waals surface area contributed by atoms with Crippen LogP contribution in [0.5, 0.6) is 0 Å². The molecule has 0 aromatic heterocycles. The minimum absolute atomic E-state index is 0.976. The number of rotatable bonds is 4. The van der Waals surface area contributed by atoms with Crippen molar-refractivity contribution in [3.63, 3.8) is 0 Å². The Morgan fingerprint density at radius 1 is 0.682 bits per heavy atom. The molecule has 0 N–H and O–H groups in total. The number of unbranched alkanes of at least 4 members (excludes halogenated alkanes) is 4. The van der Waals surface area contributed by atoms with Gasteiger partial charge in [0.1, 0.15) is 0 Å². The highest BCUT2D eigenvalue weighted by molar-refractivity contribution is 5.92. The highest BCUT2D eigenvalue weighted by Gasteiger charge is 2.01. The second-order valence-electron chi connectivity index (χ2n) is 5.52. The molecule has 0 spiro atoms. The normalized spacial score (nSPS) is 9.73. The van der Waals surface area contributed by atoms with Crippen LogP contribution in [0.25, 0.3) is 10.8 Å². The van der Waals surface area contributed by atoms with Crippen molar-refractivity contribution in [1.82, 2.24) is 0 Å². The maximum Gasteiger partial charge on any atom is 0.0324 e. The third kappa shape index (κ3) is 4.41. The van der Waals surface area contributed by atoms with Crippen LogP contribution in [0.3, 0.4) is 0 Å². The number of fused-ring (bicyclic) bond motifs is 1. The summed E-state index contributed by atoms with van der Waals surface area (Å²) in [6.07, 6.45) is 6.69. The van der Waals surface area contributed by atoms with E-state index in [1.807, 2.05) is 0 Å². The van der Waals surface area contributed by atoms with Crippen LogP contribution < -0.4 is 0 Å². The standard InChI is InChI=1S/C22H24/c1-3-5-7-9-13-19-15-11-18-22-20(14-10-8-6-4-2)16-12-17-21(19)22/h11-12,15-18H,3-8H2,1-2H3. The van der Waals surface area contributed by atoms with Gasteiger partial charge in [-0.25, -0.2) is 0 Å². The summed E-state index contributed by atoms with van der Waals surface area (Å²) in [4.78, 5) is 0. The molecule has 0 atom stereocenters. The molecule has 0 saturated carbocycles. The Bertz CT molecular complexity index is 664. The Labute approximate surface area is 134 Å². The molecule has 0 aliphatic carbocycles. The van der Waals surface area contributed by atoms with Gasteiger partial charge in [0.05, 0.1) is 0 Å². The molecule has 0 nitrogen and oxygen atoms in total. The summed E-state index contributed by atoms with van der Waals surface area (Å²) < 4.78 is 0. The molecule has 0 bridgehead atoms. The van der Waals surface area contributed by atoms with Crippen LogP contribution in [-0.4, -0.2) is 0 Å². The summed E-state index contributed by atoms with van der Waals surface area (Å²) in [6.45, 7) is 4.40. The molecule has 0 heteroatoms. The molecule has 0 radical (unpaired) electrons. The van der Waals surface area contributed by atoms with Crippen molar-refractivity contribution in [1.29, 1.82) is 0 Å². The average Bonchev–Trinajstić information content (AvgIpc) is 2.56. The van der Waals surface area contributed by atoms with Crippen molar-refractivity contribution >= 4 is 10.8 Å². The maximum atomic E-state index is 3.33. The molecule has 0 heterocycles. The Balaban J connectivity index is 2.32. The summed E-state index contributed by atoms with van der Waals surface area (Å²) in [6, 6.07) is 12.7. The van der Waals surface area contributed by atoms with Gasteiger partial charge in [0.2, 0.25) is 0 Å². The lowest BCUT2D eigenvalue weighted by molar-refractivity contribution is 0.828. The quantitative estimate of drug-likeness (QED) is 0.483. The van der Waals surface area contributed by atoms with E-state index in [-0.39, 0.29) is 0 Å². The highest BCUT2D eigenvalue weighted by Crippen LogP contribution is 2.21. The first-order valence-electron chi connectivity index (χ1n) is 8.36. The lowest BCUT2D eigenvalue weighted by Crippen LogP contribution is -1.84. The first kappa shape index (κ1) is 16.2. The van der Waals surface area contributed by atoms with Gasteiger partial charge in [-0.2, -0.15) is 0 Å². The Morgan fingerprint density at radius 2 is 1.14 bits per heavy atom. The van der Waals surface area contributed by atoms with Crippen LogP contribution in [0.2, 0.25) is 0 Å². The zero-order chi connectivity index (χ0) is 15.6. The molecule has 112 valence electrons. The van der Waals surface area contributed by atoms with Gasteiger partial charge >= 0.3 is 0 Å². The predicted octanol–water partition coefficient (Wildman–Crippen LogP) is 5.92. The molecule has 0 aliphatic heterocycles. The van der Waals surface area contributed by atoms with Crippen LogP contribution in [0.15, 0.2) is 36.4 Å². The van der Waals surface area contributed by atoms with E-state index < -0.39 is 0 Å². The van der Waals surface area contributed by atoms with Crippen molar-refractivity contribution in [2.45, 2.75) is 52.4 Å². The molecule has 0 saturated heterocycles. The smallest absolute Gasteiger partial charge is 0.0324 e. The topological polar surface area (TPSA) is 0 Å². The summed E-state index contributed by atoms with van der Waals surface area (Å²) in [5, 5.41) is 2.43. The molecule has 0 fully saturated rings. The molecule has 0 amide bonds. The average molecular weight is 288 g/mol. The fourth-order valence-electron chi connectivity index (χ4n) is 2.37. The summed E-state index contributed by atoms with van der Waals surface area (Å²) in [5.41, 5.74) is 2.23. The van der Waals surface area contributed by atoms with Gasteiger partial charge in [-0.05, 0) is 35.7 Å². The summed E-state index contributed by atoms with van der Waals surface area (Å²) >= 11 is 0. The molecule has 22 heavy (non-hydrogen) atoms. The molecule has 0 unspecified atom stereocenters. The third-order valence-electron chi connectivity index (χ3n) is 3.68. The van der Waals surface area contributed by atoms with E-state index in [0.717, 1.165) is 24.0 Å². The predicted molar refractivity (Wildman–Crippen MR) is 96.8 cm³/mol. The minimum atomic E-state index is 0.976. The zero-order valence-corrected chi connectivity index (χ0v) is 13.7. The molecular formula is C22H24. The minimum Gasteiger partial charge on any atom is -0.0979 e. The molecule has 2 aromatic rings. The van der Waals surface area contributed by atoms with Gasteiger partial charge < -0.3 is 0 Å². The molecule has 0 aliphatic rings. The highest BCUT2D eigenvalue weighted by atomic mass is 14.0. The van der Waals surface area contributed by atoms with Crippen LogP contribution >= 0.6 is 0 Å². The maximum absolute atomic E-state index is 3.33.